The number of ether oxygens (including phenoxy) is 2. The molecule has 0 saturated heterocycles. The van der Waals surface area contributed by atoms with Crippen molar-refractivity contribution in [3.63, 3.8) is 0 Å². The van der Waals surface area contributed by atoms with E-state index in [4.69, 9.17) is 9.47 Å². The lowest BCUT2D eigenvalue weighted by Crippen LogP contribution is -2.16. The molecule has 30 heavy (non-hydrogen) atoms. The smallest absolute Gasteiger partial charge is 0.257 e. The zero-order valence-corrected chi connectivity index (χ0v) is 18.1. The number of nitrogens with one attached hydrogen (secondary N) is 2. The fourth-order valence-corrected chi connectivity index (χ4v) is 3.57. The van der Waals surface area contributed by atoms with E-state index in [9.17, 15) is 9.59 Å². The molecule has 0 unspecified atom stereocenters. The molecule has 0 atom stereocenters. The quantitative estimate of drug-likeness (QED) is 0.592. The van der Waals surface area contributed by atoms with Gasteiger partial charge in [0.2, 0.25) is 5.91 Å². The minimum absolute atomic E-state index is 0.118. The Labute approximate surface area is 179 Å². The van der Waals surface area contributed by atoms with Crippen molar-refractivity contribution in [1.82, 2.24) is 4.98 Å². The van der Waals surface area contributed by atoms with Crippen molar-refractivity contribution in [3.05, 3.63) is 64.2 Å². The molecule has 0 aliphatic carbocycles. The summed E-state index contributed by atoms with van der Waals surface area (Å²) in [7, 11) is 3.04. The Bertz CT molecular complexity index is 1060. The van der Waals surface area contributed by atoms with Crippen molar-refractivity contribution in [1.29, 1.82) is 0 Å². The van der Waals surface area contributed by atoms with Gasteiger partial charge in [0.25, 0.3) is 5.91 Å². The Morgan fingerprint density at radius 1 is 1.00 bits per heavy atom. The van der Waals surface area contributed by atoms with Gasteiger partial charge in [0.1, 0.15) is 11.5 Å². The van der Waals surface area contributed by atoms with Crippen LogP contribution in [0, 0.1) is 13.8 Å². The zero-order valence-electron chi connectivity index (χ0n) is 17.2. The molecule has 3 aromatic rings. The first-order valence-electron chi connectivity index (χ1n) is 9.24. The highest BCUT2D eigenvalue weighted by Gasteiger charge is 2.14. The highest BCUT2D eigenvalue weighted by Crippen LogP contribution is 2.24. The number of aryl methyl sites for hydroxylation is 2. The van der Waals surface area contributed by atoms with E-state index in [1.165, 1.54) is 25.6 Å². The first kappa shape index (κ1) is 21.3. The molecule has 3 rings (SSSR count). The van der Waals surface area contributed by atoms with Crippen LogP contribution in [0.1, 0.15) is 27.2 Å². The Morgan fingerprint density at radius 3 is 2.33 bits per heavy atom. The van der Waals surface area contributed by atoms with Crippen LogP contribution >= 0.6 is 11.3 Å². The summed E-state index contributed by atoms with van der Waals surface area (Å²) < 4.78 is 10.4. The second-order valence-corrected chi connectivity index (χ2v) is 7.60. The molecule has 0 bridgehead atoms. The molecule has 0 spiro atoms. The van der Waals surface area contributed by atoms with Gasteiger partial charge >= 0.3 is 0 Å². The first-order chi connectivity index (χ1) is 14.4. The fraction of sp³-hybridized carbons (Fsp3) is 0.227. The van der Waals surface area contributed by atoms with E-state index in [2.05, 4.69) is 15.6 Å². The molecule has 2 amide bonds. The van der Waals surface area contributed by atoms with Crippen LogP contribution in [-0.4, -0.2) is 31.0 Å². The predicted molar refractivity (Wildman–Crippen MR) is 118 cm³/mol. The van der Waals surface area contributed by atoms with Gasteiger partial charge in [-0.05, 0) is 37.6 Å². The van der Waals surface area contributed by atoms with E-state index >= 15 is 0 Å². The van der Waals surface area contributed by atoms with Gasteiger partial charge in [-0.3, -0.25) is 14.9 Å². The van der Waals surface area contributed by atoms with Crippen LogP contribution in [0.4, 0.5) is 10.8 Å². The molecular formula is C22H23N3O4S. The molecule has 2 aromatic carbocycles. The van der Waals surface area contributed by atoms with Gasteiger partial charge in [-0.2, -0.15) is 0 Å². The van der Waals surface area contributed by atoms with Crippen molar-refractivity contribution < 1.29 is 19.1 Å². The summed E-state index contributed by atoms with van der Waals surface area (Å²) in [6.45, 7) is 3.96. The predicted octanol–water partition coefficient (Wildman–Crippen LogP) is 4.21. The maximum atomic E-state index is 12.6. The first-order valence-corrected chi connectivity index (χ1v) is 10.1. The summed E-state index contributed by atoms with van der Waals surface area (Å²) in [5.74, 6) is 0.528. The van der Waals surface area contributed by atoms with Crippen LogP contribution in [0.5, 0.6) is 11.5 Å². The highest BCUT2D eigenvalue weighted by atomic mass is 32.1. The van der Waals surface area contributed by atoms with Crippen molar-refractivity contribution in [2.75, 3.05) is 24.9 Å². The van der Waals surface area contributed by atoms with Crippen LogP contribution in [0.15, 0.2) is 41.8 Å². The monoisotopic (exact) mass is 425 g/mol. The maximum Gasteiger partial charge on any atom is 0.257 e. The number of methoxy groups -OCH3 is 2. The van der Waals surface area contributed by atoms with E-state index in [-0.39, 0.29) is 18.2 Å². The molecule has 0 saturated carbocycles. The second-order valence-electron chi connectivity index (χ2n) is 6.74. The van der Waals surface area contributed by atoms with Gasteiger partial charge in [0.15, 0.2) is 5.13 Å². The molecule has 0 aliphatic rings. The van der Waals surface area contributed by atoms with E-state index in [0.717, 1.165) is 16.8 Å². The number of hydrogen-bond donors (Lipinski definition) is 2. The molecule has 156 valence electrons. The van der Waals surface area contributed by atoms with Gasteiger partial charge in [-0.1, -0.05) is 17.7 Å². The minimum atomic E-state index is -0.340. The van der Waals surface area contributed by atoms with Gasteiger partial charge < -0.3 is 14.8 Å². The Balaban J connectivity index is 1.63. The summed E-state index contributed by atoms with van der Waals surface area (Å²) in [4.78, 5) is 29.2. The topological polar surface area (TPSA) is 89.6 Å². The average molecular weight is 426 g/mol. The molecule has 0 radical (unpaired) electrons. The van der Waals surface area contributed by atoms with Gasteiger partial charge in [0, 0.05) is 22.7 Å². The summed E-state index contributed by atoms with van der Waals surface area (Å²) in [5, 5.41) is 7.81. The average Bonchev–Trinajstić information content (AvgIpc) is 3.16. The van der Waals surface area contributed by atoms with Crippen molar-refractivity contribution >= 4 is 34.0 Å². The van der Waals surface area contributed by atoms with Crippen LogP contribution < -0.4 is 20.1 Å². The van der Waals surface area contributed by atoms with E-state index < -0.39 is 0 Å². The number of hydrogen-bond acceptors (Lipinski definition) is 6. The zero-order chi connectivity index (χ0) is 21.7. The number of nitrogens with zero attached hydrogens (tertiary/aromatic N) is 1. The van der Waals surface area contributed by atoms with Gasteiger partial charge in [-0.25, -0.2) is 4.98 Å². The number of amides is 2. The molecule has 0 aliphatic heterocycles. The number of anilines is 2. The largest absolute Gasteiger partial charge is 0.497 e. The lowest BCUT2D eigenvalue weighted by molar-refractivity contribution is -0.115. The number of carbonyl (C=O) groups excluding carboxylic acids is 2. The van der Waals surface area contributed by atoms with Crippen molar-refractivity contribution in [3.8, 4) is 11.5 Å². The SMILES string of the molecule is COc1cc(OC)cc(C(=O)Nc2nc(CC(=O)Nc3ccc(C)cc3C)cs2)c1. The standard InChI is InChI=1S/C22H23N3O4S/c1-13-5-6-19(14(2)7-13)24-20(26)10-16-12-30-22(23-16)25-21(27)15-8-17(28-3)11-18(9-15)29-4/h5-9,11-12H,10H2,1-4H3,(H,24,26)(H,23,25,27). The Morgan fingerprint density at radius 2 is 1.70 bits per heavy atom. The summed E-state index contributed by atoms with van der Waals surface area (Å²) in [6.07, 6.45) is 0.118. The number of thiazole rings is 1. The summed E-state index contributed by atoms with van der Waals surface area (Å²) in [5.41, 5.74) is 3.89. The number of benzene rings is 2. The lowest BCUT2D eigenvalue weighted by atomic mass is 10.1. The van der Waals surface area contributed by atoms with Crippen molar-refractivity contribution in [2.45, 2.75) is 20.3 Å². The third kappa shape index (κ3) is 5.36. The molecule has 7 nitrogen and oxygen atoms in total. The summed E-state index contributed by atoms with van der Waals surface area (Å²) in [6, 6.07) is 10.8. The molecule has 0 fully saturated rings. The van der Waals surface area contributed by atoms with E-state index in [1.54, 1.807) is 23.6 Å². The minimum Gasteiger partial charge on any atom is -0.497 e. The normalized spacial score (nSPS) is 10.4. The van der Waals surface area contributed by atoms with E-state index in [1.807, 2.05) is 32.0 Å². The van der Waals surface area contributed by atoms with E-state index in [0.29, 0.717) is 27.9 Å². The molecule has 2 N–H and O–H groups in total. The number of carbonyl (C=O) groups is 2. The highest BCUT2D eigenvalue weighted by molar-refractivity contribution is 7.14. The van der Waals surface area contributed by atoms with Crippen LogP contribution in [0.25, 0.3) is 0 Å². The van der Waals surface area contributed by atoms with Gasteiger partial charge in [0.05, 0.1) is 26.3 Å². The Kier molecular flexibility index (Phi) is 6.68. The molecule has 8 heteroatoms. The molecular weight excluding hydrogens is 402 g/mol. The lowest BCUT2D eigenvalue weighted by Gasteiger charge is -2.08. The van der Waals surface area contributed by atoms with Crippen LogP contribution in [0.3, 0.4) is 0 Å². The van der Waals surface area contributed by atoms with Crippen LogP contribution in [0.2, 0.25) is 0 Å². The third-order valence-corrected chi connectivity index (χ3v) is 5.19. The fourth-order valence-electron chi connectivity index (χ4n) is 2.87. The Hall–Kier alpha value is -3.39. The van der Waals surface area contributed by atoms with Crippen LogP contribution in [-0.2, 0) is 11.2 Å². The summed E-state index contributed by atoms with van der Waals surface area (Å²) >= 11 is 1.26. The maximum absolute atomic E-state index is 12.6. The number of rotatable bonds is 7. The molecule has 1 aromatic heterocycles. The van der Waals surface area contributed by atoms with Gasteiger partial charge in [-0.15, -0.1) is 11.3 Å². The van der Waals surface area contributed by atoms with Crippen molar-refractivity contribution in [2.24, 2.45) is 0 Å². The second kappa shape index (κ2) is 9.41. The number of aromatic nitrogens is 1. The third-order valence-electron chi connectivity index (χ3n) is 4.38. The molecule has 1 heterocycles.